The van der Waals surface area contributed by atoms with E-state index < -0.39 is 5.24 Å². The van der Waals surface area contributed by atoms with Crippen LogP contribution in [0.3, 0.4) is 0 Å². The molecule has 0 aliphatic heterocycles. The SMILES string of the molecule is C[NH+](C)C/C=C/C(=O)Cl. The molecule has 0 saturated carbocycles. The summed E-state index contributed by atoms with van der Waals surface area (Å²) in [4.78, 5) is 11.4. The number of halogens is 1. The number of hydrogen-bond donors (Lipinski definition) is 1. The van der Waals surface area contributed by atoms with E-state index in [0.29, 0.717) is 0 Å². The van der Waals surface area contributed by atoms with Gasteiger partial charge in [0.15, 0.2) is 0 Å². The fourth-order valence-corrected chi connectivity index (χ4v) is 0.476. The highest BCUT2D eigenvalue weighted by atomic mass is 35.5. The lowest BCUT2D eigenvalue weighted by molar-refractivity contribution is -0.851. The summed E-state index contributed by atoms with van der Waals surface area (Å²) in [6.45, 7) is 0.832. The first-order valence-electron chi connectivity index (χ1n) is 2.78. The van der Waals surface area contributed by atoms with Crippen molar-refractivity contribution in [2.45, 2.75) is 0 Å². The standard InChI is InChI=1S/C6H10ClNO/c1-8(2)5-3-4-6(7)9/h3-4H,5H2,1-2H3/p+1/b4-3+. The number of carbonyl (C=O) groups excluding carboxylic acids is 1. The average molecular weight is 149 g/mol. The predicted octanol–water partition coefficient (Wildman–Crippen LogP) is -0.548. The number of nitrogens with one attached hydrogen (secondary N) is 1. The molecule has 0 aliphatic rings. The molecular formula is C6H11ClNO+. The van der Waals surface area contributed by atoms with E-state index in [1.165, 1.54) is 11.0 Å². The first-order valence-corrected chi connectivity index (χ1v) is 3.15. The van der Waals surface area contributed by atoms with E-state index in [4.69, 9.17) is 11.6 Å². The third-order valence-electron chi connectivity index (χ3n) is 0.775. The predicted molar refractivity (Wildman–Crippen MR) is 37.7 cm³/mol. The van der Waals surface area contributed by atoms with E-state index in [1.54, 1.807) is 6.08 Å². The summed E-state index contributed by atoms with van der Waals surface area (Å²) < 4.78 is 0. The van der Waals surface area contributed by atoms with Crippen molar-refractivity contribution in [1.29, 1.82) is 0 Å². The molecule has 0 bridgehead atoms. The molecule has 0 fully saturated rings. The van der Waals surface area contributed by atoms with E-state index in [-0.39, 0.29) is 0 Å². The molecule has 3 heteroatoms. The van der Waals surface area contributed by atoms with Crippen LogP contribution in [0.15, 0.2) is 12.2 Å². The molecule has 52 valence electrons. The molecular weight excluding hydrogens is 138 g/mol. The van der Waals surface area contributed by atoms with E-state index in [2.05, 4.69) is 0 Å². The molecule has 0 radical (unpaired) electrons. The minimum atomic E-state index is -0.406. The molecule has 0 unspecified atom stereocenters. The molecule has 0 amide bonds. The largest absolute Gasteiger partial charge is 0.337 e. The lowest BCUT2D eigenvalue weighted by Crippen LogP contribution is -3.05. The fourth-order valence-electron chi connectivity index (χ4n) is 0.387. The molecule has 2 nitrogen and oxygen atoms in total. The van der Waals surface area contributed by atoms with Gasteiger partial charge < -0.3 is 4.90 Å². The second kappa shape index (κ2) is 4.53. The maximum atomic E-state index is 10.1. The summed E-state index contributed by atoms with van der Waals surface area (Å²) in [5.41, 5.74) is 0. The number of rotatable bonds is 3. The van der Waals surface area contributed by atoms with Gasteiger partial charge in [-0.3, -0.25) is 4.79 Å². The van der Waals surface area contributed by atoms with Crippen molar-refractivity contribution in [3.63, 3.8) is 0 Å². The van der Waals surface area contributed by atoms with Crippen LogP contribution in [0.25, 0.3) is 0 Å². The van der Waals surface area contributed by atoms with Crippen LogP contribution >= 0.6 is 11.6 Å². The Hall–Kier alpha value is -0.340. The van der Waals surface area contributed by atoms with Crippen LogP contribution in [-0.4, -0.2) is 25.9 Å². The normalized spacial score (nSPS) is 11.1. The molecule has 0 aromatic carbocycles. The van der Waals surface area contributed by atoms with Crippen LogP contribution < -0.4 is 4.90 Å². The zero-order chi connectivity index (χ0) is 7.28. The summed E-state index contributed by atoms with van der Waals surface area (Å²) >= 11 is 5.03. The maximum Gasteiger partial charge on any atom is 0.245 e. The number of allylic oxidation sites excluding steroid dienone is 1. The molecule has 0 spiro atoms. The summed E-state index contributed by atoms with van der Waals surface area (Å²) in [5, 5.41) is -0.406. The highest BCUT2D eigenvalue weighted by Crippen LogP contribution is 1.78. The quantitative estimate of drug-likeness (QED) is 0.421. The van der Waals surface area contributed by atoms with Crippen molar-refractivity contribution in [3.05, 3.63) is 12.2 Å². The van der Waals surface area contributed by atoms with Gasteiger partial charge in [0.05, 0.1) is 20.6 Å². The highest BCUT2D eigenvalue weighted by molar-refractivity contribution is 6.66. The Morgan fingerprint density at radius 2 is 2.22 bits per heavy atom. The summed E-state index contributed by atoms with van der Waals surface area (Å²) in [5.74, 6) is 0. The number of quaternary nitrogens is 1. The van der Waals surface area contributed by atoms with Gasteiger partial charge >= 0.3 is 0 Å². The molecule has 0 aliphatic carbocycles. The first-order chi connectivity index (χ1) is 4.13. The van der Waals surface area contributed by atoms with Crippen molar-refractivity contribution in [3.8, 4) is 0 Å². The van der Waals surface area contributed by atoms with Crippen molar-refractivity contribution in [1.82, 2.24) is 0 Å². The van der Waals surface area contributed by atoms with Crippen LogP contribution in [0.1, 0.15) is 0 Å². The molecule has 0 rings (SSSR count). The molecule has 1 N–H and O–H groups in total. The molecule has 0 atom stereocenters. The Labute approximate surface area is 60.1 Å². The van der Waals surface area contributed by atoms with Gasteiger partial charge in [0, 0.05) is 0 Å². The summed E-state index contributed by atoms with van der Waals surface area (Å²) in [7, 11) is 4.01. The van der Waals surface area contributed by atoms with Crippen LogP contribution in [0.5, 0.6) is 0 Å². The molecule has 9 heavy (non-hydrogen) atoms. The smallest absolute Gasteiger partial charge is 0.245 e. The van der Waals surface area contributed by atoms with Crippen LogP contribution in [0, 0.1) is 0 Å². The highest BCUT2D eigenvalue weighted by Gasteiger charge is 1.87. The van der Waals surface area contributed by atoms with E-state index in [9.17, 15) is 4.79 Å². The topological polar surface area (TPSA) is 21.5 Å². The first kappa shape index (κ1) is 8.66. The van der Waals surface area contributed by atoms with Gasteiger partial charge in [-0.1, -0.05) is 0 Å². The van der Waals surface area contributed by atoms with Gasteiger partial charge in [-0.2, -0.15) is 0 Å². The van der Waals surface area contributed by atoms with E-state index in [0.717, 1.165) is 6.54 Å². The number of likely N-dealkylation sites (N-methyl/N-ethyl adjacent to an activating group) is 1. The van der Waals surface area contributed by atoms with Crippen molar-refractivity contribution in [2.24, 2.45) is 0 Å². The maximum absolute atomic E-state index is 10.1. The monoisotopic (exact) mass is 148 g/mol. The zero-order valence-corrected chi connectivity index (χ0v) is 6.40. The van der Waals surface area contributed by atoms with Crippen molar-refractivity contribution in [2.75, 3.05) is 20.6 Å². The van der Waals surface area contributed by atoms with Gasteiger partial charge in [-0.15, -0.1) is 0 Å². The Bertz CT molecular complexity index is 120. The lowest BCUT2D eigenvalue weighted by Gasteiger charge is -1.99. The fraction of sp³-hybridized carbons (Fsp3) is 0.500. The van der Waals surface area contributed by atoms with Crippen molar-refractivity contribution >= 4 is 16.8 Å². The van der Waals surface area contributed by atoms with Crippen LogP contribution in [-0.2, 0) is 4.79 Å². The van der Waals surface area contributed by atoms with E-state index in [1.807, 2.05) is 14.1 Å². The third-order valence-corrected chi connectivity index (χ3v) is 0.901. The van der Waals surface area contributed by atoms with Gasteiger partial charge in [-0.25, -0.2) is 0 Å². The second-order valence-corrected chi connectivity index (χ2v) is 2.49. The zero-order valence-electron chi connectivity index (χ0n) is 5.65. The average Bonchev–Trinajstić information content (AvgIpc) is 1.63. The molecule has 0 aromatic rings. The Morgan fingerprint density at radius 3 is 2.56 bits per heavy atom. The van der Waals surface area contributed by atoms with E-state index >= 15 is 0 Å². The Balaban J connectivity index is 3.36. The van der Waals surface area contributed by atoms with Gasteiger partial charge in [0.1, 0.15) is 0 Å². The van der Waals surface area contributed by atoms with Gasteiger partial charge in [0.25, 0.3) is 0 Å². The Morgan fingerprint density at radius 1 is 1.67 bits per heavy atom. The molecule has 0 saturated heterocycles. The van der Waals surface area contributed by atoms with Crippen molar-refractivity contribution < 1.29 is 9.69 Å². The van der Waals surface area contributed by atoms with Crippen LogP contribution in [0.4, 0.5) is 0 Å². The molecule has 0 aromatic heterocycles. The second-order valence-electron chi connectivity index (χ2n) is 2.12. The number of carbonyl (C=O) groups is 1. The Kier molecular flexibility index (Phi) is 4.36. The summed E-state index contributed by atoms with van der Waals surface area (Å²) in [6.07, 6.45) is 3.12. The minimum absolute atomic E-state index is 0.406. The van der Waals surface area contributed by atoms with Gasteiger partial charge in [-0.05, 0) is 23.8 Å². The lowest BCUT2D eigenvalue weighted by atomic mass is 10.5. The van der Waals surface area contributed by atoms with Crippen LogP contribution in [0.2, 0.25) is 0 Å². The third kappa shape index (κ3) is 7.66. The van der Waals surface area contributed by atoms with Gasteiger partial charge in [0.2, 0.25) is 5.24 Å². The molecule has 0 heterocycles. The summed E-state index contributed by atoms with van der Waals surface area (Å²) in [6, 6.07) is 0. The number of hydrogen-bond acceptors (Lipinski definition) is 1. The minimum Gasteiger partial charge on any atom is -0.337 e.